The van der Waals surface area contributed by atoms with Crippen LogP contribution < -0.4 is 4.74 Å². The normalized spacial score (nSPS) is 10.6. The average molecular weight is 234 g/mol. The highest BCUT2D eigenvalue weighted by Gasteiger charge is 2.17. The van der Waals surface area contributed by atoms with Crippen molar-refractivity contribution in [2.45, 2.75) is 20.0 Å². The molecule has 1 aromatic rings. The van der Waals surface area contributed by atoms with Crippen LogP contribution in [0.15, 0.2) is 12.1 Å². The van der Waals surface area contributed by atoms with Crippen LogP contribution in [0.3, 0.4) is 0 Å². The Balaban J connectivity index is 3.15. The van der Waals surface area contributed by atoms with Gasteiger partial charge in [0.1, 0.15) is 11.6 Å². The van der Waals surface area contributed by atoms with E-state index in [-0.39, 0.29) is 11.1 Å². The highest BCUT2D eigenvalue weighted by Crippen LogP contribution is 2.28. The minimum absolute atomic E-state index is 0.0201. The molecule has 1 rings (SSSR count). The summed E-state index contributed by atoms with van der Waals surface area (Å²) >= 11 is 0. The fourth-order valence-electron chi connectivity index (χ4n) is 1.28. The summed E-state index contributed by atoms with van der Waals surface area (Å²) in [6, 6.07) is 2.14. The van der Waals surface area contributed by atoms with Crippen LogP contribution in [-0.2, 0) is 11.2 Å². The number of carboxylic acid groups (broad SMARTS) is 1. The fourth-order valence-corrected chi connectivity index (χ4v) is 1.28. The van der Waals surface area contributed by atoms with Crippen LogP contribution in [0.2, 0.25) is 0 Å². The van der Waals surface area contributed by atoms with Gasteiger partial charge in [0.05, 0.1) is 6.42 Å². The zero-order chi connectivity index (χ0) is 12.3. The SMILES string of the molecule is Cc1c(F)ccc(CC(=O)O)c1OC(F)F. The summed E-state index contributed by atoms with van der Waals surface area (Å²) in [6.45, 7) is -1.87. The summed E-state index contributed by atoms with van der Waals surface area (Å²) < 4.78 is 41.3. The maximum Gasteiger partial charge on any atom is 0.387 e. The number of halogens is 3. The van der Waals surface area contributed by atoms with Crippen LogP contribution in [0.4, 0.5) is 13.2 Å². The molecule has 0 aliphatic rings. The highest BCUT2D eigenvalue weighted by molar-refractivity contribution is 5.71. The molecular formula is C10H9F3O3. The maximum absolute atomic E-state index is 13.1. The quantitative estimate of drug-likeness (QED) is 0.869. The third-order valence-electron chi connectivity index (χ3n) is 1.97. The van der Waals surface area contributed by atoms with E-state index in [1.54, 1.807) is 0 Å². The lowest BCUT2D eigenvalue weighted by molar-refractivity contribution is -0.136. The predicted octanol–water partition coefficient (Wildman–Crippen LogP) is 2.36. The Labute approximate surface area is 89.5 Å². The molecule has 1 aromatic carbocycles. The zero-order valence-electron chi connectivity index (χ0n) is 8.34. The van der Waals surface area contributed by atoms with Crippen molar-refractivity contribution < 1.29 is 27.8 Å². The van der Waals surface area contributed by atoms with Crippen molar-refractivity contribution in [3.63, 3.8) is 0 Å². The van der Waals surface area contributed by atoms with Gasteiger partial charge in [0.2, 0.25) is 0 Å². The lowest BCUT2D eigenvalue weighted by atomic mass is 10.1. The first kappa shape index (κ1) is 12.4. The van der Waals surface area contributed by atoms with Gasteiger partial charge in [-0.3, -0.25) is 4.79 Å². The van der Waals surface area contributed by atoms with Crippen LogP contribution in [0.25, 0.3) is 0 Å². The lowest BCUT2D eigenvalue weighted by Gasteiger charge is -2.12. The van der Waals surface area contributed by atoms with Crippen LogP contribution >= 0.6 is 0 Å². The number of hydrogen-bond donors (Lipinski definition) is 1. The average Bonchev–Trinajstić information content (AvgIpc) is 2.16. The second-order valence-electron chi connectivity index (χ2n) is 3.11. The van der Waals surface area contributed by atoms with Gasteiger partial charge in [-0.25, -0.2) is 4.39 Å². The van der Waals surface area contributed by atoms with Gasteiger partial charge < -0.3 is 9.84 Å². The van der Waals surface area contributed by atoms with Crippen molar-refractivity contribution in [2.24, 2.45) is 0 Å². The van der Waals surface area contributed by atoms with E-state index in [9.17, 15) is 18.0 Å². The molecule has 0 heterocycles. The van der Waals surface area contributed by atoms with Crippen molar-refractivity contribution in [1.82, 2.24) is 0 Å². The van der Waals surface area contributed by atoms with Crippen molar-refractivity contribution >= 4 is 5.97 Å². The molecule has 0 fully saturated rings. The predicted molar refractivity (Wildman–Crippen MR) is 49.1 cm³/mol. The van der Waals surface area contributed by atoms with Crippen molar-refractivity contribution in [3.05, 3.63) is 29.1 Å². The Morgan fingerprint density at radius 2 is 2.12 bits per heavy atom. The lowest BCUT2D eigenvalue weighted by Crippen LogP contribution is -2.09. The zero-order valence-corrected chi connectivity index (χ0v) is 8.34. The van der Waals surface area contributed by atoms with Gasteiger partial charge in [-0.15, -0.1) is 0 Å². The van der Waals surface area contributed by atoms with E-state index in [0.717, 1.165) is 12.1 Å². The summed E-state index contributed by atoms with van der Waals surface area (Å²) in [5.41, 5.74) is -0.106. The molecule has 16 heavy (non-hydrogen) atoms. The topological polar surface area (TPSA) is 46.5 Å². The second-order valence-corrected chi connectivity index (χ2v) is 3.11. The Kier molecular flexibility index (Phi) is 3.76. The van der Waals surface area contributed by atoms with Crippen molar-refractivity contribution in [1.29, 1.82) is 0 Å². The first-order valence-corrected chi connectivity index (χ1v) is 4.36. The second kappa shape index (κ2) is 4.87. The molecule has 1 N–H and O–H groups in total. The monoisotopic (exact) mass is 234 g/mol. The molecule has 3 nitrogen and oxygen atoms in total. The Bertz CT molecular complexity index is 405. The molecule has 6 heteroatoms. The Hall–Kier alpha value is -1.72. The fraction of sp³-hybridized carbons (Fsp3) is 0.300. The Morgan fingerprint density at radius 1 is 1.50 bits per heavy atom. The summed E-state index contributed by atoms with van der Waals surface area (Å²) in [5.74, 6) is -2.33. The van der Waals surface area contributed by atoms with Gasteiger partial charge in [0.25, 0.3) is 0 Å². The summed E-state index contributed by atoms with van der Waals surface area (Å²) in [5, 5.41) is 8.55. The first-order valence-electron chi connectivity index (χ1n) is 4.36. The van der Waals surface area contributed by atoms with E-state index >= 15 is 0 Å². The van der Waals surface area contributed by atoms with E-state index in [0.29, 0.717) is 0 Å². The number of aliphatic carboxylic acids is 1. The van der Waals surface area contributed by atoms with Gasteiger partial charge in [-0.1, -0.05) is 6.07 Å². The van der Waals surface area contributed by atoms with Crippen LogP contribution in [0, 0.1) is 12.7 Å². The highest BCUT2D eigenvalue weighted by atomic mass is 19.3. The smallest absolute Gasteiger partial charge is 0.387 e. The molecule has 0 spiro atoms. The minimum atomic E-state index is -3.12. The largest absolute Gasteiger partial charge is 0.481 e. The summed E-state index contributed by atoms with van der Waals surface area (Å²) in [7, 11) is 0. The van der Waals surface area contributed by atoms with Gasteiger partial charge in [0.15, 0.2) is 0 Å². The van der Waals surface area contributed by atoms with Crippen molar-refractivity contribution in [2.75, 3.05) is 0 Å². The molecular weight excluding hydrogens is 225 g/mol. The number of carbonyl (C=O) groups is 1. The van der Waals surface area contributed by atoms with E-state index in [2.05, 4.69) is 4.74 Å². The molecule has 0 radical (unpaired) electrons. The van der Waals surface area contributed by atoms with Gasteiger partial charge >= 0.3 is 12.6 Å². The number of hydrogen-bond acceptors (Lipinski definition) is 2. The third-order valence-corrected chi connectivity index (χ3v) is 1.97. The molecule has 0 saturated heterocycles. The van der Waals surface area contributed by atoms with E-state index < -0.39 is 30.6 Å². The number of carboxylic acids is 1. The molecule has 88 valence electrons. The van der Waals surface area contributed by atoms with Crippen LogP contribution in [-0.4, -0.2) is 17.7 Å². The standard InChI is InChI=1S/C10H9F3O3/c1-5-7(11)3-2-6(4-8(14)15)9(5)16-10(12)13/h2-3,10H,4H2,1H3,(H,14,15). The van der Waals surface area contributed by atoms with E-state index in [1.807, 2.05) is 0 Å². The number of rotatable bonds is 4. The number of alkyl halides is 2. The van der Waals surface area contributed by atoms with Gasteiger partial charge in [0, 0.05) is 11.1 Å². The van der Waals surface area contributed by atoms with Crippen molar-refractivity contribution in [3.8, 4) is 5.75 Å². The Morgan fingerprint density at radius 3 is 2.62 bits per heavy atom. The minimum Gasteiger partial charge on any atom is -0.481 e. The molecule has 0 amide bonds. The number of ether oxygens (including phenoxy) is 1. The number of benzene rings is 1. The first-order chi connectivity index (χ1) is 7.41. The molecule has 0 bridgehead atoms. The molecule has 0 atom stereocenters. The molecule has 0 aliphatic carbocycles. The summed E-state index contributed by atoms with van der Waals surface area (Å²) in [4.78, 5) is 10.5. The molecule has 0 aliphatic heterocycles. The maximum atomic E-state index is 13.1. The molecule has 0 saturated carbocycles. The molecule has 0 unspecified atom stereocenters. The molecule has 0 aromatic heterocycles. The van der Waals surface area contributed by atoms with Crippen LogP contribution in [0.1, 0.15) is 11.1 Å². The van der Waals surface area contributed by atoms with Gasteiger partial charge in [-0.05, 0) is 13.0 Å². The van der Waals surface area contributed by atoms with E-state index in [1.165, 1.54) is 6.92 Å². The van der Waals surface area contributed by atoms with Gasteiger partial charge in [-0.2, -0.15) is 8.78 Å². The third kappa shape index (κ3) is 2.88. The van der Waals surface area contributed by atoms with Crippen LogP contribution in [0.5, 0.6) is 5.75 Å². The summed E-state index contributed by atoms with van der Waals surface area (Å²) in [6.07, 6.45) is -0.497. The van der Waals surface area contributed by atoms with E-state index in [4.69, 9.17) is 5.11 Å².